The SMILES string of the molecule is COC(=O)[C@@H](Cc1ccccc1F)NC(=O)c1ccnc2ccccc12. The molecule has 1 aromatic heterocycles. The van der Waals surface area contributed by atoms with Gasteiger partial charge < -0.3 is 10.1 Å². The number of amides is 1. The van der Waals surface area contributed by atoms with Gasteiger partial charge in [-0.3, -0.25) is 9.78 Å². The van der Waals surface area contributed by atoms with Gasteiger partial charge in [-0.15, -0.1) is 0 Å². The van der Waals surface area contributed by atoms with Crippen molar-refractivity contribution in [2.75, 3.05) is 7.11 Å². The highest BCUT2D eigenvalue weighted by molar-refractivity contribution is 6.07. The highest BCUT2D eigenvalue weighted by Gasteiger charge is 2.24. The molecule has 3 rings (SSSR count). The van der Waals surface area contributed by atoms with Crippen molar-refractivity contribution in [2.45, 2.75) is 12.5 Å². The first-order valence-corrected chi connectivity index (χ1v) is 8.06. The third kappa shape index (κ3) is 3.69. The molecule has 0 radical (unpaired) electrons. The van der Waals surface area contributed by atoms with Crippen LogP contribution in [0.4, 0.5) is 4.39 Å². The van der Waals surface area contributed by atoms with Crippen molar-refractivity contribution in [3.63, 3.8) is 0 Å². The monoisotopic (exact) mass is 352 g/mol. The van der Waals surface area contributed by atoms with Crippen LogP contribution in [-0.4, -0.2) is 30.0 Å². The third-order valence-electron chi connectivity index (χ3n) is 4.07. The normalized spacial score (nSPS) is 11.8. The van der Waals surface area contributed by atoms with E-state index in [1.54, 1.807) is 42.5 Å². The molecule has 3 aromatic rings. The zero-order chi connectivity index (χ0) is 18.5. The minimum absolute atomic E-state index is 0.00585. The molecule has 0 aliphatic rings. The van der Waals surface area contributed by atoms with Crippen molar-refractivity contribution in [1.29, 1.82) is 0 Å². The van der Waals surface area contributed by atoms with Crippen LogP contribution in [-0.2, 0) is 16.0 Å². The maximum Gasteiger partial charge on any atom is 0.328 e. The second-order valence-corrected chi connectivity index (χ2v) is 5.72. The lowest BCUT2D eigenvalue weighted by atomic mass is 10.0. The van der Waals surface area contributed by atoms with Crippen molar-refractivity contribution in [3.05, 3.63) is 77.7 Å². The number of para-hydroxylation sites is 1. The van der Waals surface area contributed by atoms with Crippen molar-refractivity contribution in [3.8, 4) is 0 Å². The Bertz CT molecular complexity index is 953. The van der Waals surface area contributed by atoms with Gasteiger partial charge in [0, 0.05) is 18.0 Å². The third-order valence-corrected chi connectivity index (χ3v) is 4.07. The minimum atomic E-state index is -1.00. The van der Waals surface area contributed by atoms with E-state index in [-0.39, 0.29) is 6.42 Å². The topological polar surface area (TPSA) is 68.3 Å². The molecule has 0 fully saturated rings. The second-order valence-electron chi connectivity index (χ2n) is 5.72. The van der Waals surface area contributed by atoms with Gasteiger partial charge in [-0.05, 0) is 23.8 Å². The van der Waals surface area contributed by atoms with Crippen LogP contribution >= 0.6 is 0 Å². The van der Waals surface area contributed by atoms with Gasteiger partial charge in [0.2, 0.25) is 0 Å². The largest absolute Gasteiger partial charge is 0.467 e. The molecule has 0 saturated carbocycles. The van der Waals surface area contributed by atoms with Gasteiger partial charge in [-0.1, -0.05) is 36.4 Å². The van der Waals surface area contributed by atoms with E-state index in [2.05, 4.69) is 10.3 Å². The summed E-state index contributed by atoms with van der Waals surface area (Å²) in [5, 5.41) is 3.31. The number of rotatable bonds is 5. The number of benzene rings is 2. The number of hydrogen-bond donors (Lipinski definition) is 1. The van der Waals surface area contributed by atoms with Gasteiger partial charge in [0.15, 0.2) is 0 Å². The zero-order valence-electron chi connectivity index (χ0n) is 14.1. The molecule has 0 bridgehead atoms. The summed E-state index contributed by atoms with van der Waals surface area (Å²) in [6.45, 7) is 0. The average Bonchev–Trinajstić information content (AvgIpc) is 2.67. The van der Waals surface area contributed by atoms with Crippen LogP contribution in [0.15, 0.2) is 60.8 Å². The molecule has 26 heavy (non-hydrogen) atoms. The number of ether oxygens (including phenoxy) is 1. The van der Waals surface area contributed by atoms with E-state index in [1.807, 2.05) is 6.07 Å². The summed E-state index contributed by atoms with van der Waals surface area (Å²) < 4.78 is 18.7. The molecule has 1 amide bonds. The van der Waals surface area contributed by atoms with Gasteiger partial charge in [0.25, 0.3) is 5.91 Å². The molecule has 0 aliphatic heterocycles. The Hall–Kier alpha value is -3.28. The molecule has 0 unspecified atom stereocenters. The molecule has 2 aromatic carbocycles. The number of fused-ring (bicyclic) bond motifs is 1. The van der Waals surface area contributed by atoms with Gasteiger partial charge in [-0.25, -0.2) is 9.18 Å². The van der Waals surface area contributed by atoms with Gasteiger partial charge in [0.05, 0.1) is 18.2 Å². The Labute approximate surface area is 149 Å². The summed E-state index contributed by atoms with van der Waals surface area (Å²) in [5.74, 6) is -1.53. The van der Waals surface area contributed by atoms with Crippen LogP contribution in [0.5, 0.6) is 0 Å². The lowest BCUT2D eigenvalue weighted by molar-refractivity contribution is -0.142. The molecule has 0 spiro atoms. The number of aromatic nitrogens is 1. The first-order chi connectivity index (χ1) is 12.6. The number of carbonyl (C=O) groups excluding carboxylic acids is 2. The van der Waals surface area contributed by atoms with Crippen LogP contribution in [0.2, 0.25) is 0 Å². The van der Waals surface area contributed by atoms with Crippen LogP contribution < -0.4 is 5.32 Å². The van der Waals surface area contributed by atoms with E-state index in [0.29, 0.717) is 22.0 Å². The fourth-order valence-corrected chi connectivity index (χ4v) is 2.75. The average molecular weight is 352 g/mol. The van der Waals surface area contributed by atoms with Crippen LogP contribution in [0.25, 0.3) is 10.9 Å². The van der Waals surface area contributed by atoms with E-state index >= 15 is 0 Å². The van der Waals surface area contributed by atoms with E-state index in [9.17, 15) is 14.0 Å². The quantitative estimate of drug-likeness (QED) is 0.717. The van der Waals surface area contributed by atoms with E-state index < -0.39 is 23.7 Å². The molecular weight excluding hydrogens is 335 g/mol. The Morgan fingerprint density at radius 2 is 1.85 bits per heavy atom. The molecular formula is C20H17FN2O3. The number of hydrogen-bond acceptors (Lipinski definition) is 4. The van der Waals surface area contributed by atoms with Gasteiger partial charge >= 0.3 is 5.97 Å². The molecule has 5 nitrogen and oxygen atoms in total. The van der Waals surface area contributed by atoms with Crippen LogP contribution in [0.3, 0.4) is 0 Å². The Balaban J connectivity index is 1.88. The van der Waals surface area contributed by atoms with Crippen molar-refractivity contribution in [2.24, 2.45) is 0 Å². The molecule has 132 valence electrons. The summed E-state index contributed by atoms with van der Waals surface area (Å²) in [5.41, 5.74) is 1.38. The summed E-state index contributed by atoms with van der Waals surface area (Å²) >= 11 is 0. The van der Waals surface area contributed by atoms with Crippen molar-refractivity contribution >= 4 is 22.8 Å². The number of nitrogens with one attached hydrogen (secondary N) is 1. The van der Waals surface area contributed by atoms with E-state index in [4.69, 9.17) is 4.74 Å². The molecule has 1 atom stereocenters. The molecule has 1 N–H and O–H groups in total. The second kappa shape index (κ2) is 7.74. The smallest absolute Gasteiger partial charge is 0.328 e. The van der Waals surface area contributed by atoms with Crippen molar-refractivity contribution < 1.29 is 18.7 Å². The number of pyridine rings is 1. The first kappa shape index (κ1) is 17.5. The van der Waals surface area contributed by atoms with Gasteiger partial charge in [0.1, 0.15) is 11.9 Å². The highest BCUT2D eigenvalue weighted by atomic mass is 19.1. The predicted octanol–water partition coefficient (Wildman–Crippen LogP) is 2.89. The maximum absolute atomic E-state index is 13.9. The molecule has 0 saturated heterocycles. The first-order valence-electron chi connectivity index (χ1n) is 8.06. The fourth-order valence-electron chi connectivity index (χ4n) is 2.75. The number of esters is 1. The van der Waals surface area contributed by atoms with Gasteiger partial charge in [-0.2, -0.15) is 0 Å². The summed E-state index contributed by atoms with van der Waals surface area (Å²) in [6.07, 6.45) is 1.52. The number of carbonyl (C=O) groups is 2. The van der Waals surface area contributed by atoms with Crippen LogP contribution in [0.1, 0.15) is 15.9 Å². The van der Waals surface area contributed by atoms with E-state index in [1.165, 1.54) is 19.4 Å². The number of halogens is 1. The zero-order valence-corrected chi connectivity index (χ0v) is 14.1. The molecule has 6 heteroatoms. The number of nitrogens with zero attached hydrogens (tertiary/aromatic N) is 1. The summed E-state index contributed by atoms with van der Waals surface area (Å²) in [4.78, 5) is 29.0. The Kier molecular flexibility index (Phi) is 5.22. The van der Waals surface area contributed by atoms with Crippen LogP contribution in [0, 0.1) is 5.82 Å². The van der Waals surface area contributed by atoms with E-state index in [0.717, 1.165) is 0 Å². The maximum atomic E-state index is 13.9. The van der Waals surface area contributed by atoms with Crippen molar-refractivity contribution in [1.82, 2.24) is 10.3 Å². The standard InChI is InChI=1S/C20H17FN2O3/c1-26-20(25)18(12-13-6-2-4-8-16(13)21)23-19(24)15-10-11-22-17-9-5-3-7-14(15)17/h2-11,18H,12H2,1H3,(H,23,24)/t18-/m1/s1. The molecule has 1 heterocycles. The lowest BCUT2D eigenvalue weighted by Crippen LogP contribution is -2.43. The number of methoxy groups -OCH3 is 1. The fraction of sp³-hybridized carbons (Fsp3) is 0.150. The summed E-state index contributed by atoms with van der Waals surface area (Å²) in [6, 6.07) is 13.9. The Morgan fingerprint density at radius 1 is 1.12 bits per heavy atom. The highest BCUT2D eigenvalue weighted by Crippen LogP contribution is 2.17. The minimum Gasteiger partial charge on any atom is -0.467 e. The Morgan fingerprint density at radius 3 is 2.62 bits per heavy atom. The predicted molar refractivity (Wildman–Crippen MR) is 95.1 cm³/mol. The lowest BCUT2D eigenvalue weighted by Gasteiger charge is -2.17. The molecule has 0 aliphatic carbocycles. The summed E-state index contributed by atoms with van der Waals surface area (Å²) in [7, 11) is 1.23.